The molecular weight excluding hydrogens is 304 g/mol. The quantitative estimate of drug-likeness (QED) is 0.824. The molecule has 0 bridgehead atoms. The average molecular weight is 324 g/mol. The predicted molar refractivity (Wildman–Crippen MR) is 81.5 cm³/mol. The van der Waals surface area contributed by atoms with Gasteiger partial charge < -0.3 is 15.2 Å². The van der Waals surface area contributed by atoms with Crippen LogP contribution in [0.1, 0.15) is 44.3 Å². The van der Waals surface area contributed by atoms with E-state index in [2.05, 4.69) is 20.8 Å². The molecule has 0 spiro atoms. The molecule has 0 radical (unpaired) electrons. The number of amides is 2. The fourth-order valence-electron chi connectivity index (χ4n) is 2.16. The molecule has 1 aromatic heterocycles. The number of nitrogens with zero attached hydrogens (tertiary/aromatic N) is 2. The second kappa shape index (κ2) is 5.91. The van der Waals surface area contributed by atoms with E-state index in [1.807, 2.05) is 13.8 Å². The first kappa shape index (κ1) is 15.3. The molecule has 22 heavy (non-hydrogen) atoms. The molecule has 2 amide bonds. The van der Waals surface area contributed by atoms with Crippen molar-refractivity contribution in [1.82, 2.24) is 20.8 Å². The standard InChI is InChI=1S/C14H20N4O3S/c1-14(2)13(20)16-9(7-22-14)12(19)15-6-5-10-17-11(18-21-10)8-3-4-8/h8-9H,3-7H2,1-2H3,(H,15,19)(H,16,20)/t9-/m0/s1. The van der Waals surface area contributed by atoms with Crippen LogP contribution in [-0.2, 0) is 16.0 Å². The maximum Gasteiger partial charge on any atom is 0.243 e. The molecule has 8 heteroatoms. The molecule has 2 heterocycles. The second-order valence-corrected chi connectivity index (χ2v) is 7.85. The number of hydrogen-bond donors (Lipinski definition) is 2. The first-order valence-corrected chi connectivity index (χ1v) is 8.49. The van der Waals surface area contributed by atoms with Gasteiger partial charge in [0.2, 0.25) is 17.7 Å². The summed E-state index contributed by atoms with van der Waals surface area (Å²) in [6.07, 6.45) is 2.76. The van der Waals surface area contributed by atoms with Crippen LogP contribution in [0, 0.1) is 0 Å². The summed E-state index contributed by atoms with van der Waals surface area (Å²) in [4.78, 5) is 28.2. The van der Waals surface area contributed by atoms with Crippen molar-refractivity contribution in [2.75, 3.05) is 12.3 Å². The average Bonchev–Trinajstić information content (AvgIpc) is 3.22. The van der Waals surface area contributed by atoms with E-state index in [1.54, 1.807) is 0 Å². The van der Waals surface area contributed by atoms with Gasteiger partial charge in [0, 0.05) is 24.6 Å². The van der Waals surface area contributed by atoms with E-state index >= 15 is 0 Å². The third kappa shape index (κ3) is 3.43. The van der Waals surface area contributed by atoms with Gasteiger partial charge >= 0.3 is 0 Å². The highest BCUT2D eigenvalue weighted by Gasteiger charge is 2.37. The molecule has 1 saturated carbocycles. The van der Waals surface area contributed by atoms with Crippen molar-refractivity contribution < 1.29 is 14.1 Å². The SMILES string of the molecule is CC1(C)SC[C@@H](C(=O)NCCc2nc(C3CC3)no2)NC1=O. The van der Waals surface area contributed by atoms with Gasteiger partial charge in [0.15, 0.2) is 5.82 Å². The van der Waals surface area contributed by atoms with Crippen LogP contribution in [0.3, 0.4) is 0 Å². The first-order chi connectivity index (χ1) is 10.5. The molecule has 2 N–H and O–H groups in total. The lowest BCUT2D eigenvalue weighted by Gasteiger charge is -2.32. The molecule has 1 aromatic rings. The summed E-state index contributed by atoms with van der Waals surface area (Å²) in [6, 6.07) is -0.477. The fourth-order valence-corrected chi connectivity index (χ4v) is 3.17. The molecule has 2 aliphatic rings. The van der Waals surface area contributed by atoms with Crippen molar-refractivity contribution >= 4 is 23.6 Å². The number of rotatable bonds is 5. The Kier molecular flexibility index (Phi) is 4.12. The van der Waals surface area contributed by atoms with Crippen molar-refractivity contribution in [3.63, 3.8) is 0 Å². The maximum absolute atomic E-state index is 12.1. The van der Waals surface area contributed by atoms with E-state index in [4.69, 9.17) is 4.52 Å². The highest BCUT2D eigenvalue weighted by Crippen LogP contribution is 2.38. The summed E-state index contributed by atoms with van der Waals surface area (Å²) >= 11 is 1.49. The first-order valence-electron chi connectivity index (χ1n) is 7.51. The Hall–Kier alpha value is -1.57. The van der Waals surface area contributed by atoms with Gasteiger partial charge in [-0.1, -0.05) is 5.16 Å². The summed E-state index contributed by atoms with van der Waals surface area (Å²) in [5.74, 6) is 2.10. The summed E-state index contributed by atoms with van der Waals surface area (Å²) in [5.41, 5.74) is 0. The number of carbonyl (C=O) groups excluding carboxylic acids is 2. The topological polar surface area (TPSA) is 97.1 Å². The highest BCUT2D eigenvalue weighted by molar-refractivity contribution is 8.01. The van der Waals surface area contributed by atoms with Gasteiger partial charge in [0.05, 0.1) is 4.75 Å². The third-order valence-electron chi connectivity index (χ3n) is 3.84. The van der Waals surface area contributed by atoms with Crippen LogP contribution in [-0.4, -0.2) is 45.0 Å². The molecule has 7 nitrogen and oxygen atoms in total. The molecule has 1 atom stereocenters. The minimum absolute atomic E-state index is 0.102. The zero-order valence-electron chi connectivity index (χ0n) is 12.7. The van der Waals surface area contributed by atoms with Gasteiger partial charge in [-0.05, 0) is 26.7 Å². The van der Waals surface area contributed by atoms with E-state index in [-0.39, 0.29) is 11.8 Å². The minimum Gasteiger partial charge on any atom is -0.354 e. The van der Waals surface area contributed by atoms with Crippen LogP contribution in [0.2, 0.25) is 0 Å². The molecular formula is C14H20N4O3S. The smallest absolute Gasteiger partial charge is 0.243 e. The van der Waals surface area contributed by atoms with Crippen LogP contribution >= 0.6 is 11.8 Å². The van der Waals surface area contributed by atoms with Crippen LogP contribution in [0.5, 0.6) is 0 Å². The van der Waals surface area contributed by atoms with Gasteiger partial charge in [-0.15, -0.1) is 11.8 Å². The zero-order chi connectivity index (χ0) is 15.7. The van der Waals surface area contributed by atoms with Gasteiger partial charge in [-0.2, -0.15) is 4.98 Å². The Morgan fingerprint density at radius 1 is 1.50 bits per heavy atom. The number of thioether (sulfide) groups is 1. The molecule has 1 aliphatic carbocycles. The van der Waals surface area contributed by atoms with Crippen molar-refractivity contribution in [2.45, 2.75) is 49.8 Å². The van der Waals surface area contributed by atoms with Crippen LogP contribution < -0.4 is 10.6 Å². The third-order valence-corrected chi connectivity index (χ3v) is 5.25. The monoisotopic (exact) mass is 324 g/mol. The molecule has 0 aromatic carbocycles. The predicted octanol–water partition coefficient (Wildman–Crippen LogP) is 0.616. The molecule has 3 rings (SSSR count). The normalized spacial score (nSPS) is 23.9. The molecule has 120 valence electrons. The van der Waals surface area contributed by atoms with Gasteiger partial charge in [0.1, 0.15) is 6.04 Å². The van der Waals surface area contributed by atoms with E-state index in [1.165, 1.54) is 11.8 Å². The van der Waals surface area contributed by atoms with E-state index in [0.717, 1.165) is 18.7 Å². The summed E-state index contributed by atoms with van der Waals surface area (Å²) < 4.78 is 4.68. The van der Waals surface area contributed by atoms with Crippen molar-refractivity contribution in [3.05, 3.63) is 11.7 Å². The Bertz CT molecular complexity index is 582. The summed E-state index contributed by atoms with van der Waals surface area (Å²) in [7, 11) is 0. The second-order valence-electron chi connectivity index (χ2n) is 6.21. The van der Waals surface area contributed by atoms with Crippen LogP contribution in [0.25, 0.3) is 0 Å². The minimum atomic E-state index is -0.477. The van der Waals surface area contributed by atoms with Crippen LogP contribution in [0.15, 0.2) is 4.52 Å². The Morgan fingerprint density at radius 2 is 2.27 bits per heavy atom. The largest absolute Gasteiger partial charge is 0.354 e. The fraction of sp³-hybridized carbons (Fsp3) is 0.714. The highest BCUT2D eigenvalue weighted by atomic mass is 32.2. The lowest BCUT2D eigenvalue weighted by atomic mass is 10.1. The van der Waals surface area contributed by atoms with E-state index < -0.39 is 10.8 Å². The van der Waals surface area contributed by atoms with Gasteiger partial charge in [0.25, 0.3) is 0 Å². The number of hydrogen-bond acceptors (Lipinski definition) is 6. The van der Waals surface area contributed by atoms with Crippen molar-refractivity contribution in [2.24, 2.45) is 0 Å². The Balaban J connectivity index is 1.43. The summed E-state index contributed by atoms with van der Waals surface area (Å²) in [6.45, 7) is 4.13. The van der Waals surface area contributed by atoms with Gasteiger partial charge in [-0.25, -0.2) is 0 Å². The lowest BCUT2D eigenvalue weighted by molar-refractivity contribution is -0.129. The van der Waals surface area contributed by atoms with Crippen LogP contribution in [0.4, 0.5) is 0 Å². The Labute approximate surface area is 133 Å². The Morgan fingerprint density at radius 3 is 2.95 bits per heavy atom. The zero-order valence-corrected chi connectivity index (χ0v) is 13.5. The lowest BCUT2D eigenvalue weighted by Crippen LogP contribution is -2.57. The summed E-state index contributed by atoms with van der Waals surface area (Å²) in [5, 5.41) is 9.50. The van der Waals surface area contributed by atoms with Crippen molar-refractivity contribution in [1.29, 1.82) is 0 Å². The number of nitrogens with one attached hydrogen (secondary N) is 2. The van der Waals surface area contributed by atoms with E-state index in [0.29, 0.717) is 30.5 Å². The van der Waals surface area contributed by atoms with E-state index in [9.17, 15) is 9.59 Å². The molecule has 1 aliphatic heterocycles. The molecule has 2 fully saturated rings. The maximum atomic E-state index is 12.1. The molecule has 1 saturated heterocycles. The van der Waals surface area contributed by atoms with Crippen molar-refractivity contribution in [3.8, 4) is 0 Å². The van der Waals surface area contributed by atoms with Gasteiger partial charge in [-0.3, -0.25) is 9.59 Å². The number of aromatic nitrogens is 2. The number of carbonyl (C=O) groups is 2. The molecule has 0 unspecified atom stereocenters.